The normalized spacial score (nSPS) is 42.8. The summed E-state index contributed by atoms with van der Waals surface area (Å²) in [6, 6.07) is 0. The SMILES string of the molecule is COC(=O)[C@@]12CC(=O)[C@@H](C(C)C)CC(=O)[C@@H](C)CCC[C@@H](C)CC(=O)[C@@H]1CC(C)=C1[C@H](O)C[C@@]3(C)O[C@@H]3CC[C@@]3(C)O[C@@H]3CCC(C)=C[C@H]12. The molecule has 2 aliphatic heterocycles. The van der Waals surface area contributed by atoms with Crippen LogP contribution in [-0.4, -0.2) is 65.0 Å². The zero-order valence-corrected chi connectivity index (χ0v) is 31.6. The van der Waals surface area contributed by atoms with Crippen LogP contribution < -0.4 is 0 Å². The molecule has 0 spiro atoms. The Morgan fingerprint density at radius 1 is 0.918 bits per heavy atom. The predicted molar refractivity (Wildman–Crippen MR) is 188 cm³/mol. The Hall–Kier alpha value is -2.16. The molecule has 1 N–H and O–H groups in total. The lowest BCUT2D eigenvalue weighted by molar-refractivity contribution is -0.166. The largest absolute Gasteiger partial charge is 0.469 e. The van der Waals surface area contributed by atoms with Gasteiger partial charge in [-0.05, 0) is 83.6 Å². The summed E-state index contributed by atoms with van der Waals surface area (Å²) < 4.78 is 18.1. The van der Waals surface area contributed by atoms with Crippen LogP contribution in [-0.2, 0) is 33.4 Å². The maximum atomic E-state index is 14.7. The lowest BCUT2D eigenvalue weighted by Gasteiger charge is -2.49. The van der Waals surface area contributed by atoms with E-state index < -0.39 is 40.8 Å². The highest BCUT2D eigenvalue weighted by atomic mass is 16.6. The number of fused-ring (bicyclic) bond motifs is 5. The van der Waals surface area contributed by atoms with Gasteiger partial charge >= 0.3 is 5.97 Å². The first-order valence-electron chi connectivity index (χ1n) is 19.0. The summed E-state index contributed by atoms with van der Waals surface area (Å²) in [6.07, 6.45) is 7.63. The van der Waals surface area contributed by atoms with Crippen LogP contribution >= 0.6 is 0 Å². The number of carbonyl (C=O) groups excluding carboxylic acids is 4. The van der Waals surface area contributed by atoms with Crippen molar-refractivity contribution in [1.29, 1.82) is 0 Å². The number of ketones is 3. The molecule has 5 rings (SSSR count). The van der Waals surface area contributed by atoms with Gasteiger partial charge in [-0.25, -0.2) is 0 Å². The van der Waals surface area contributed by atoms with Crippen molar-refractivity contribution in [2.24, 2.45) is 40.9 Å². The quantitative estimate of drug-likeness (QED) is 0.183. The van der Waals surface area contributed by atoms with Gasteiger partial charge in [0.25, 0.3) is 0 Å². The van der Waals surface area contributed by atoms with Gasteiger partial charge in [-0.1, -0.05) is 57.8 Å². The van der Waals surface area contributed by atoms with Crippen molar-refractivity contribution in [3.8, 4) is 0 Å². The van der Waals surface area contributed by atoms with Gasteiger partial charge < -0.3 is 19.3 Å². The summed E-state index contributed by atoms with van der Waals surface area (Å²) in [5.74, 6) is -3.16. The number of aliphatic hydroxyl groups is 1. The van der Waals surface area contributed by atoms with Gasteiger partial charge in [0.15, 0.2) is 0 Å². The van der Waals surface area contributed by atoms with E-state index in [4.69, 9.17) is 14.2 Å². The van der Waals surface area contributed by atoms with Crippen LogP contribution in [0.2, 0.25) is 0 Å². The molecule has 5 aliphatic rings. The molecular formula is C41H62O8. The Bertz CT molecular complexity index is 1380. The molecular weight excluding hydrogens is 620 g/mol. The summed E-state index contributed by atoms with van der Waals surface area (Å²) >= 11 is 0. The molecule has 2 heterocycles. The van der Waals surface area contributed by atoms with Gasteiger partial charge in [0, 0.05) is 49.4 Å². The molecule has 3 aliphatic carbocycles. The lowest BCUT2D eigenvalue weighted by Crippen LogP contribution is -2.54. The predicted octanol–water partition coefficient (Wildman–Crippen LogP) is 7.29. The summed E-state index contributed by atoms with van der Waals surface area (Å²) in [4.78, 5) is 57.5. The van der Waals surface area contributed by atoms with Crippen LogP contribution in [0.3, 0.4) is 0 Å². The van der Waals surface area contributed by atoms with Crippen molar-refractivity contribution in [3.05, 3.63) is 22.8 Å². The minimum Gasteiger partial charge on any atom is -0.469 e. The number of ether oxygens (including phenoxy) is 3. The molecule has 0 amide bonds. The van der Waals surface area contributed by atoms with E-state index in [2.05, 4.69) is 19.9 Å². The Labute approximate surface area is 294 Å². The third-order valence-corrected chi connectivity index (χ3v) is 13.2. The highest BCUT2D eigenvalue weighted by molar-refractivity contribution is 5.97. The number of epoxide rings is 2. The monoisotopic (exact) mass is 682 g/mol. The van der Waals surface area contributed by atoms with Crippen molar-refractivity contribution in [2.75, 3.05) is 7.11 Å². The molecule has 1 saturated carbocycles. The van der Waals surface area contributed by atoms with Gasteiger partial charge in [0.05, 0.1) is 42.0 Å². The third kappa shape index (κ3) is 7.72. The summed E-state index contributed by atoms with van der Waals surface area (Å²) in [5, 5.41) is 12.2. The van der Waals surface area contributed by atoms with Gasteiger partial charge in [0.1, 0.15) is 17.3 Å². The second-order valence-electron chi connectivity index (χ2n) is 17.4. The molecule has 3 fully saturated rings. The number of esters is 1. The van der Waals surface area contributed by atoms with E-state index in [1.807, 2.05) is 41.5 Å². The van der Waals surface area contributed by atoms with Gasteiger partial charge in [-0.2, -0.15) is 0 Å². The van der Waals surface area contributed by atoms with E-state index >= 15 is 0 Å². The van der Waals surface area contributed by atoms with Crippen LogP contribution in [0.4, 0.5) is 0 Å². The van der Waals surface area contributed by atoms with E-state index in [9.17, 15) is 24.3 Å². The third-order valence-electron chi connectivity index (χ3n) is 13.2. The maximum absolute atomic E-state index is 14.7. The van der Waals surface area contributed by atoms with Crippen LogP contribution in [0, 0.1) is 40.9 Å². The topological polar surface area (TPSA) is 123 Å². The molecule has 49 heavy (non-hydrogen) atoms. The van der Waals surface area contributed by atoms with Gasteiger partial charge in [0.2, 0.25) is 0 Å². The molecule has 8 nitrogen and oxygen atoms in total. The summed E-state index contributed by atoms with van der Waals surface area (Å²) in [5.41, 5.74) is 0.309. The van der Waals surface area contributed by atoms with Crippen LogP contribution in [0.15, 0.2) is 22.8 Å². The minimum absolute atomic E-state index is 0.0000322. The highest BCUT2D eigenvalue weighted by Crippen LogP contribution is 2.57. The number of hydrogen-bond donors (Lipinski definition) is 1. The molecule has 0 aromatic rings. The molecule has 0 unspecified atom stereocenters. The number of hydrogen-bond acceptors (Lipinski definition) is 8. The first-order valence-corrected chi connectivity index (χ1v) is 19.0. The first-order chi connectivity index (χ1) is 23.0. The standard InChI is InChI=1S/C41H62O8/c1-23(2)28-20-31(42)26(5)12-10-11-24(3)18-32(43)29-19-27(6)37-30(41(29,22-33(28)44)38(46)47-9)17-25(4)13-14-35-39(7,48-35)16-15-36-40(8,49-36)21-34(37)45/h17,23-24,26,28-30,34-36,45H,10-16,18-22H2,1-9H3/t24-,26+,28-,29+,30-,34-,35-,36-,39-,40-,41+/m1/s1. The van der Waals surface area contributed by atoms with Crippen molar-refractivity contribution in [1.82, 2.24) is 0 Å². The fourth-order valence-corrected chi connectivity index (χ4v) is 9.69. The number of allylic oxidation sites excluding steroid dienone is 3. The van der Waals surface area contributed by atoms with Gasteiger partial charge in [-0.15, -0.1) is 0 Å². The van der Waals surface area contributed by atoms with E-state index in [0.29, 0.717) is 12.0 Å². The second-order valence-corrected chi connectivity index (χ2v) is 17.4. The van der Waals surface area contributed by atoms with Crippen LogP contribution in [0.5, 0.6) is 0 Å². The Morgan fingerprint density at radius 2 is 1.59 bits per heavy atom. The highest BCUT2D eigenvalue weighted by Gasteiger charge is 2.62. The molecule has 0 aromatic heterocycles. The molecule has 0 radical (unpaired) electrons. The fraction of sp³-hybridized carbons (Fsp3) is 0.805. The van der Waals surface area contributed by atoms with E-state index in [-0.39, 0.29) is 78.6 Å². The van der Waals surface area contributed by atoms with Crippen molar-refractivity contribution in [2.45, 2.75) is 162 Å². The Kier molecular flexibility index (Phi) is 11.2. The fourth-order valence-electron chi connectivity index (χ4n) is 9.69. The minimum atomic E-state index is -1.57. The van der Waals surface area contributed by atoms with Crippen LogP contribution in [0.25, 0.3) is 0 Å². The zero-order chi connectivity index (χ0) is 36.1. The summed E-state index contributed by atoms with van der Waals surface area (Å²) in [7, 11) is 1.33. The Balaban J connectivity index is 1.69. The smallest absolute Gasteiger partial charge is 0.313 e. The second kappa shape index (κ2) is 14.5. The average Bonchev–Trinajstić information content (AvgIpc) is 3.89. The first kappa shape index (κ1) is 38.1. The van der Waals surface area contributed by atoms with Crippen LogP contribution in [0.1, 0.15) is 132 Å². The van der Waals surface area contributed by atoms with Crippen molar-refractivity contribution < 1.29 is 38.5 Å². The molecule has 274 valence electrons. The maximum Gasteiger partial charge on any atom is 0.313 e. The van der Waals surface area contributed by atoms with E-state index in [1.54, 1.807) is 0 Å². The molecule has 2 saturated heterocycles. The van der Waals surface area contributed by atoms with Crippen molar-refractivity contribution in [3.63, 3.8) is 0 Å². The Morgan fingerprint density at radius 3 is 2.27 bits per heavy atom. The van der Waals surface area contributed by atoms with Crippen molar-refractivity contribution >= 4 is 23.3 Å². The number of aliphatic hydroxyl groups excluding tert-OH is 1. The molecule has 8 heteroatoms. The van der Waals surface area contributed by atoms with Gasteiger partial charge in [-0.3, -0.25) is 19.2 Å². The number of methoxy groups -OCH3 is 1. The molecule has 11 atom stereocenters. The average molecular weight is 683 g/mol. The number of Topliss-reactive ketones (excluding diaryl/α,β-unsaturated/α-hetero) is 3. The molecule has 0 bridgehead atoms. The summed E-state index contributed by atoms with van der Waals surface area (Å²) in [6.45, 7) is 16.1. The number of carbonyl (C=O) groups is 4. The van der Waals surface area contributed by atoms with E-state index in [1.165, 1.54) is 7.11 Å². The molecule has 0 aromatic carbocycles. The lowest BCUT2D eigenvalue weighted by atomic mass is 9.53. The number of rotatable bonds is 2. The zero-order valence-electron chi connectivity index (χ0n) is 31.6. The van der Waals surface area contributed by atoms with E-state index in [0.717, 1.165) is 56.1 Å².